The summed E-state index contributed by atoms with van der Waals surface area (Å²) in [5.41, 5.74) is 0.578. The third kappa shape index (κ3) is 3.39. The molecule has 0 N–H and O–H groups in total. The summed E-state index contributed by atoms with van der Waals surface area (Å²) in [4.78, 5) is 51.3. The van der Waals surface area contributed by atoms with Crippen LogP contribution in [-0.4, -0.2) is 16.8 Å². The van der Waals surface area contributed by atoms with Gasteiger partial charge in [0.05, 0.1) is 33.4 Å². The van der Waals surface area contributed by atoms with Crippen molar-refractivity contribution in [3.8, 4) is 0 Å². The van der Waals surface area contributed by atoms with Crippen LogP contribution >= 0.6 is 11.3 Å². The van der Waals surface area contributed by atoms with Crippen molar-refractivity contribution >= 4 is 55.2 Å². The predicted molar refractivity (Wildman–Crippen MR) is 163 cm³/mol. The van der Waals surface area contributed by atoms with Crippen molar-refractivity contribution in [1.29, 1.82) is 0 Å². The van der Waals surface area contributed by atoms with Gasteiger partial charge in [-0.1, -0.05) is 53.8 Å². The molecule has 0 fully saturated rings. The minimum absolute atomic E-state index is 0.0122. The van der Waals surface area contributed by atoms with Crippen molar-refractivity contribution in [3.63, 3.8) is 0 Å². The van der Waals surface area contributed by atoms with Gasteiger partial charge in [-0.15, -0.1) is 0 Å². The molecule has 4 heterocycles. The Morgan fingerprint density at radius 2 is 1.70 bits per heavy atom. The zero-order valence-corrected chi connectivity index (χ0v) is 24.2. The van der Waals surface area contributed by atoms with Crippen LogP contribution in [0, 0.1) is 25.5 Å². The van der Waals surface area contributed by atoms with Gasteiger partial charge in [-0.05, 0) is 61.4 Å². The Hall–Kier alpha value is -5.22. The highest BCUT2D eigenvalue weighted by Crippen LogP contribution is 2.55. The monoisotopic (exact) mass is 605 g/mol. The maximum Gasteiger partial charge on any atom is 0.297 e. The van der Waals surface area contributed by atoms with E-state index in [1.54, 1.807) is 42.5 Å². The molecular weight excluding hydrogens is 584 g/mol. The fourth-order valence-corrected chi connectivity index (χ4v) is 7.74. The number of nitrogens with zero attached hydrogens (tertiary/aromatic N) is 3. The number of carbonyl (C=O) groups excluding carboxylic acids is 2. The molecule has 1 unspecified atom stereocenters. The Balaban J connectivity index is 1.47. The smallest absolute Gasteiger partial charge is 0.297 e. The first-order valence-corrected chi connectivity index (χ1v) is 14.7. The fraction of sp³-hybridized carbons (Fsp3) is 0.118. The van der Waals surface area contributed by atoms with E-state index in [2.05, 4.69) is 0 Å². The number of para-hydroxylation sites is 1. The van der Waals surface area contributed by atoms with Crippen LogP contribution in [0.2, 0.25) is 0 Å². The number of hydrogen-bond acceptors (Lipinski definition) is 6. The van der Waals surface area contributed by atoms with E-state index >= 15 is 4.79 Å². The predicted octanol–water partition coefficient (Wildman–Crippen LogP) is 6.75. The van der Waals surface area contributed by atoms with Gasteiger partial charge in [0, 0.05) is 11.1 Å². The Kier molecular flexibility index (Phi) is 5.49. The van der Waals surface area contributed by atoms with Crippen LogP contribution in [0.25, 0.3) is 21.2 Å². The summed E-state index contributed by atoms with van der Waals surface area (Å²) in [5.74, 6) is -2.87. The second kappa shape index (κ2) is 9.14. The van der Waals surface area contributed by atoms with E-state index in [1.165, 1.54) is 33.3 Å². The second-order valence-electron chi connectivity index (χ2n) is 11.1. The van der Waals surface area contributed by atoms with Crippen molar-refractivity contribution in [1.82, 2.24) is 4.98 Å². The molecule has 2 aliphatic heterocycles. The molecule has 44 heavy (non-hydrogen) atoms. The van der Waals surface area contributed by atoms with Gasteiger partial charge in [-0.2, -0.15) is 0 Å². The lowest BCUT2D eigenvalue weighted by Gasteiger charge is -2.32. The molecule has 0 radical (unpaired) electrons. The molecule has 1 spiro atoms. The number of fused-ring (bicyclic) bond motifs is 6. The number of rotatable bonds is 3. The summed E-state index contributed by atoms with van der Waals surface area (Å²) in [6, 6.07) is 20.3. The van der Waals surface area contributed by atoms with Gasteiger partial charge >= 0.3 is 0 Å². The van der Waals surface area contributed by atoms with Crippen molar-refractivity contribution in [2.75, 3.05) is 9.80 Å². The topological polar surface area (TPSA) is 83.7 Å². The van der Waals surface area contributed by atoms with Crippen LogP contribution in [0.4, 0.5) is 19.6 Å². The highest BCUT2D eigenvalue weighted by atomic mass is 32.1. The normalized spacial score (nSPS) is 17.4. The largest absolute Gasteiger partial charge is 0.450 e. The van der Waals surface area contributed by atoms with Crippen LogP contribution in [0.3, 0.4) is 0 Å². The first-order chi connectivity index (χ1) is 21.2. The Morgan fingerprint density at radius 1 is 0.932 bits per heavy atom. The van der Waals surface area contributed by atoms with Crippen molar-refractivity contribution in [3.05, 3.63) is 134 Å². The lowest BCUT2D eigenvalue weighted by molar-refractivity contribution is -0.121. The summed E-state index contributed by atoms with van der Waals surface area (Å²) in [6.45, 7) is 3.70. The minimum Gasteiger partial charge on any atom is -0.450 e. The van der Waals surface area contributed by atoms with Gasteiger partial charge in [-0.3, -0.25) is 19.3 Å². The van der Waals surface area contributed by atoms with Crippen LogP contribution in [0.5, 0.6) is 0 Å². The summed E-state index contributed by atoms with van der Waals surface area (Å²) < 4.78 is 36.2. The molecular formula is C34H21F2N3O4S. The molecule has 10 heteroatoms. The van der Waals surface area contributed by atoms with Crippen molar-refractivity contribution in [2.24, 2.45) is 0 Å². The number of carbonyl (C=O) groups is 2. The number of hydrogen-bond donors (Lipinski definition) is 0. The quantitative estimate of drug-likeness (QED) is 0.223. The van der Waals surface area contributed by atoms with E-state index in [0.29, 0.717) is 16.8 Å². The summed E-state index contributed by atoms with van der Waals surface area (Å²) in [7, 11) is 0. The zero-order chi connectivity index (χ0) is 30.5. The highest BCUT2D eigenvalue weighted by Gasteiger charge is 2.66. The Bertz CT molecular complexity index is 2310. The molecule has 0 saturated carbocycles. The van der Waals surface area contributed by atoms with Crippen LogP contribution in [-0.2, 0) is 16.9 Å². The summed E-state index contributed by atoms with van der Waals surface area (Å²) in [5, 5.41) is 0.0852. The van der Waals surface area contributed by atoms with Gasteiger partial charge in [0.2, 0.25) is 5.76 Å². The fourth-order valence-electron chi connectivity index (χ4n) is 6.54. The molecule has 8 rings (SSSR count). The third-order valence-corrected chi connectivity index (χ3v) is 9.37. The van der Waals surface area contributed by atoms with E-state index in [9.17, 15) is 18.4 Å². The Labute approximate surface area is 252 Å². The van der Waals surface area contributed by atoms with Gasteiger partial charge < -0.3 is 9.32 Å². The van der Waals surface area contributed by atoms with E-state index in [4.69, 9.17) is 9.40 Å². The van der Waals surface area contributed by atoms with Crippen molar-refractivity contribution in [2.45, 2.75) is 25.9 Å². The lowest BCUT2D eigenvalue weighted by atomic mass is 9.84. The van der Waals surface area contributed by atoms with Crippen LogP contribution in [0.15, 0.2) is 88.1 Å². The van der Waals surface area contributed by atoms with E-state index < -0.39 is 34.4 Å². The number of aryl methyl sites for hydroxylation is 2. The molecule has 0 aliphatic carbocycles. The average Bonchev–Trinajstić information content (AvgIpc) is 3.61. The molecule has 7 nitrogen and oxygen atoms in total. The number of halogens is 2. The van der Waals surface area contributed by atoms with Crippen LogP contribution in [0.1, 0.15) is 38.4 Å². The second-order valence-corrected chi connectivity index (χ2v) is 12.1. The molecule has 1 atom stereocenters. The lowest BCUT2D eigenvalue weighted by Crippen LogP contribution is -2.53. The molecule has 216 valence electrons. The number of thiazole rings is 1. The maximum atomic E-state index is 15.0. The SMILES string of the molecule is Cc1cc(C)c2nc(N3C(=O)c4oc5ccc(F)cc5c(=O)c4C34C(=O)N(Cc3ccccc3F)c3ccccc34)sc2c1. The zero-order valence-electron chi connectivity index (χ0n) is 23.4. The standard InChI is InChI=1S/C34H21F2N3O4S/c1-17-13-18(2)28-26(14-17)44-33(37-28)39-31(41)30-27(29(40)21-15-20(35)11-12-25(21)43-30)34(39)22-8-4-6-10-24(22)38(32(34)42)16-19-7-3-5-9-23(19)36/h3-15H,16H2,1-2H3. The van der Waals surface area contributed by atoms with Gasteiger partial charge in [-0.25, -0.2) is 13.8 Å². The van der Waals surface area contributed by atoms with Gasteiger partial charge in [0.1, 0.15) is 17.2 Å². The Morgan fingerprint density at radius 3 is 2.52 bits per heavy atom. The third-order valence-electron chi connectivity index (χ3n) is 8.38. The van der Waals surface area contributed by atoms with Gasteiger partial charge in [0.15, 0.2) is 16.1 Å². The number of benzene rings is 4. The first kappa shape index (κ1) is 26.4. The van der Waals surface area contributed by atoms with E-state index in [-0.39, 0.29) is 39.5 Å². The van der Waals surface area contributed by atoms with Crippen LogP contribution < -0.4 is 15.2 Å². The number of amides is 2. The maximum absolute atomic E-state index is 15.0. The molecule has 4 aromatic carbocycles. The average molecular weight is 606 g/mol. The minimum atomic E-state index is -2.04. The number of aromatic nitrogens is 1. The van der Waals surface area contributed by atoms with E-state index in [1.807, 2.05) is 26.0 Å². The molecule has 2 amide bonds. The molecule has 2 aliphatic rings. The summed E-state index contributed by atoms with van der Waals surface area (Å²) in [6.07, 6.45) is 0. The molecule has 0 saturated heterocycles. The van der Waals surface area contributed by atoms with Crippen molar-refractivity contribution < 1.29 is 22.8 Å². The van der Waals surface area contributed by atoms with Gasteiger partial charge in [0.25, 0.3) is 11.8 Å². The van der Waals surface area contributed by atoms with E-state index in [0.717, 1.165) is 28.0 Å². The summed E-state index contributed by atoms with van der Waals surface area (Å²) >= 11 is 1.21. The molecule has 6 aromatic rings. The molecule has 2 aromatic heterocycles. The first-order valence-electron chi connectivity index (χ1n) is 13.8. The highest BCUT2D eigenvalue weighted by molar-refractivity contribution is 7.22. The number of anilines is 2. The molecule has 0 bridgehead atoms.